The Morgan fingerprint density at radius 3 is 2.57 bits per heavy atom. The summed E-state index contributed by atoms with van der Waals surface area (Å²) >= 11 is 6.62. The fourth-order valence-corrected chi connectivity index (χ4v) is 4.07. The van der Waals surface area contributed by atoms with Crippen LogP contribution >= 0.6 is 11.6 Å². The standard InChI is InChI=1S/C17H28ClN3/c1-3-14-16(18)15(21(4-2)20-14)11-17(9-5-6-10-17)12-19-13-7-8-13/h13,19H,3-12H2,1-2H3. The Morgan fingerprint density at radius 2 is 2.00 bits per heavy atom. The third-order valence-corrected chi connectivity index (χ3v) is 5.68. The summed E-state index contributed by atoms with van der Waals surface area (Å²) in [6.45, 7) is 6.37. The molecular formula is C17H28ClN3. The van der Waals surface area contributed by atoms with Gasteiger partial charge in [0.1, 0.15) is 0 Å². The van der Waals surface area contributed by atoms with Gasteiger partial charge in [-0.3, -0.25) is 4.68 Å². The maximum Gasteiger partial charge on any atom is 0.0850 e. The molecule has 1 N–H and O–H groups in total. The normalized spacial score (nSPS) is 21.1. The van der Waals surface area contributed by atoms with E-state index in [-0.39, 0.29) is 0 Å². The molecule has 1 heterocycles. The Morgan fingerprint density at radius 1 is 1.29 bits per heavy atom. The number of halogens is 1. The van der Waals surface area contributed by atoms with Crippen molar-refractivity contribution in [3.05, 3.63) is 16.4 Å². The average molecular weight is 310 g/mol. The van der Waals surface area contributed by atoms with Crippen LogP contribution in [0.5, 0.6) is 0 Å². The molecule has 0 radical (unpaired) electrons. The van der Waals surface area contributed by atoms with E-state index in [1.54, 1.807) is 0 Å². The predicted octanol–water partition coefficient (Wildman–Crippen LogP) is 3.97. The van der Waals surface area contributed by atoms with Crippen LogP contribution in [-0.2, 0) is 19.4 Å². The molecule has 0 unspecified atom stereocenters. The summed E-state index contributed by atoms with van der Waals surface area (Å²) in [5.41, 5.74) is 2.75. The van der Waals surface area contributed by atoms with Crippen molar-refractivity contribution in [1.29, 1.82) is 0 Å². The zero-order valence-corrected chi connectivity index (χ0v) is 14.2. The zero-order chi connectivity index (χ0) is 14.9. The van der Waals surface area contributed by atoms with Gasteiger partial charge in [0.25, 0.3) is 0 Å². The van der Waals surface area contributed by atoms with E-state index in [0.29, 0.717) is 5.41 Å². The summed E-state index contributed by atoms with van der Waals surface area (Å²) in [5.74, 6) is 0. The Hall–Kier alpha value is -0.540. The van der Waals surface area contributed by atoms with Crippen LogP contribution in [0.1, 0.15) is 63.8 Å². The topological polar surface area (TPSA) is 29.9 Å². The quantitative estimate of drug-likeness (QED) is 0.826. The number of hydrogen-bond donors (Lipinski definition) is 1. The summed E-state index contributed by atoms with van der Waals surface area (Å²) in [7, 11) is 0. The van der Waals surface area contributed by atoms with E-state index < -0.39 is 0 Å². The van der Waals surface area contributed by atoms with Gasteiger partial charge in [0.05, 0.1) is 16.4 Å². The molecule has 1 aromatic heterocycles. The minimum absolute atomic E-state index is 0.407. The van der Waals surface area contributed by atoms with Crippen molar-refractivity contribution in [2.24, 2.45) is 5.41 Å². The molecule has 118 valence electrons. The molecule has 0 amide bonds. The van der Waals surface area contributed by atoms with Gasteiger partial charge in [-0.25, -0.2) is 0 Å². The summed E-state index contributed by atoms with van der Waals surface area (Å²) < 4.78 is 2.14. The maximum atomic E-state index is 6.62. The van der Waals surface area contributed by atoms with Crippen molar-refractivity contribution in [3.63, 3.8) is 0 Å². The summed E-state index contributed by atoms with van der Waals surface area (Å²) in [4.78, 5) is 0. The van der Waals surface area contributed by atoms with Gasteiger partial charge in [-0.05, 0) is 50.9 Å². The lowest BCUT2D eigenvalue weighted by Gasteiger charge is -2.30. The summed E-state index contributed by atoms with van der Waals surface area (Å²) in [6, 6.07) is 0.792. The number of nitrogens with zero attached hydrogens (tertiary/aromatic N) is 2. The molecule has 2 fully saturated rings. The lowest BCUT2D eigenvalue weighted by molar-refractivity contribution is 0.269. The van der Waals surface area contributed by atoms with Gasteiger partial charge in [0.15, 0.2) is 0 Å². The lowest BCUT2D eigenvalue weighted by atomic mass is 9.81. The van der Waals surface area contributed by atoms with Crippen LogP contribution in [0.15, 0.2) is 0 Å². The minimum atomic E-state index is 0.407. The Balaban J connectivity index is 1.79. The van der Waals surface area contributed by atoms with E-state index in [1.165, 1.54) is 44.2 Å². The smallest absolute Gasteiger partial charge is 0.0850 e. The number of aryl methyl sites for hydroxylation is 2. The third kappa shape index (κ3) is 3.29. The van der Waals surface area contributed by atoms with Gasteiger partial charge >= 0.3 is 0 Å². The highest BCUT2D eigenvalue weighted by Gasteiger charge is 2.37. The molecule has 3 nitrogen and oxygen atoms in total. The highest BCUT2D eigenvalue weighted by molar-refractivity contribution is 6.31. The second-order valence-electron chi connectivity index (χ2n) is 6.92. The number of aromatic nitrogens is 2. The fraction of sp³-hybridized carbons (Fsp3) is 0.824. The Bertz CT molecular complexity index is 484. The second-order valence-corrected chi connectivity index (χ2v) is 7.29. The molecule has 0 spiro atoms. The molecule has 21 heavy (non-hydrogen) atoms. The molecule has 0 atom stereocenters. The molecule has 2 saturated carbocycles. The van der Waals surface area contributed by atoms with E-state index in [1.807, 2.05) is 0 Å². The first-order chi connectivity index (χ1) is 10.2. The number of hydrogen-bond acceptors (Lipinski definition) is 2. The van der Waals surface area contributed by atoms with Gasteiger partial charge in [-0.2, -0.15) is 5.10 Å². The van der Waals surface area contributed by atoms with E-state index >= 15 is 0 Å². The Kier molecular flexibility index (Phi) is 4.60. The molecule has 0 aromatic carbocycles. The fourth-order valence-electron chi connectivity index (χ4n) is 3.73. The molecule has 0 saturated heterocycles. The molecular weight excluding hydrogens is 282 g/mol. The summed E-state index contributed by atoms with van der Waals surface area (Å²) in [5, 5.41) is 9.38. The summed E-state index contributed by atoms with van der Waals surface area (Å²) in [6.07, 6.45) is 10.1. The SMILES string of the molecule is CCc1nn(CC)c(CC2(CNC3CC3)CCCC2)c1Cl. The van der Waals surface area contributed by atoms with E-state index in [9.17, 15) is 0 Å². The molecule has 1 aromatic rings. The molecule has 0 bridgehead atoms. The lowest BCUT2D eigenvalue weighted by Crippen LogP contribution is -2.35. The van der Waals surface area contributed by atoms with Crippen LogP contribution in [0.25, 0.3) is 0 Å². The van der Waals surface area contributed by atoms with Crippen molar-refractivity contribution >= 4 is 11.6 Å². The van der Waals surface area contributed by atoms with Crippen LogP contribution in [0.3, 0.4) is 0 Å². The maximum absolute atomic E-state index is 6.62. The van der Waals surface area contributed by atoms with Crippen molar-refractivity contribution in [2.45, 2.75) is 77.8 Å². The zero-order valence-electron chi connectivity index (χ0n) is 13.4. The average Bonchev–Trinajstić information content (AvgIpc) is 3.14. The minimum Gasteiger partial charge on any atom is -0.313 e. The first kappa shape index (κ1) is 15.4. The molecule has 0 aliphatic heterocycles. The van der Waals surface area contributed by atoms with Crippen molar-refractivity contribution < 1.29 is 0 Å². The highest BCUT2D eigenvalue weighted by atomic mass is 35.5. The largest absolute Gasteiger partial charge is 0.313 e. The highest BCUT2D eigenvalue weighted by Crippen LogP contribution is 2.42. The monoisotopic (exact) mass is 309 g/mol. The van der Waals surface area contributed by atoms with Crippen molar-refractivity contribution in [3.8, 4) is 0 Å². The first-order valence-corrected chi connectivity index (χ1v) is 9.02. The van der Waals surface area contributed by atoms with Gasteiger partial charge in [-0.1, -0.05) is 31.4 Å². The first-order valence-electron chi connectivity index (χ1n) is 8.65. The molecule has 2 aliphatic rings. The van der Waals surface area contributed by atoms with Crippen LogP contribution in [-0.4, -0.2) is 22.4 Å². The molecule has 2 aliphatic carbocycles. The van der Waals surface area contributed by atoms with Crippen molar-refractivity contribution in [2.75, 3.05) is 6.54 Å². The van der Waals surface area contributed by atoms with E-state index in [0.717, 1.165) is 42.7 Å². The Labute approximate surface area is 133 Å². The number of rotatable bonds is 7. The number of nitrogens with one attached hydrogen (secondary N) is 1. The molecule has 4 heteroatoms. The van der Waals surface area contributed by atoms with Crippen LogP contribution in [0.2, 0.25) is 5.02 Å². The van der Waals surface area contributed by atoms with Gasteiger partial charge in [0.2, 0.25) is 0 Å². The van der Waals surface area contributed by atoms with Gasteiger partial charge < -0.3 is 5.32 Å². The van der Waals surface area contributed by atoms with Crippen LogP contribution in [0, 0.1) is 5.41 Å². The van der Waals surface area contributed by atoms with Crippen LogP contribution < -0.4 is 5.32 Å². The molecule has 3 rings (SSSR count). The predicted molar refractivity (Wildman–Crippen MR) is 87.9 cm³/mol. The van der Waals surface area contributed by atoms with Crippen LogP contribution in [0.4, 0.5) is 0 Å². The van der Waals surface area contributed by atoms with Crippen molar-refractivity contribution in [1.82, 2.24) is 15.1 Å². The second kappa shape index (κ2) is 6.29. The third-order valence-electron chi connectivity index (χ3n) is 5.24. The van der Waals surface area contributed by atoms with Gasteiger partial charge in [-0.15, -0.1) is 0 Å². The van der Waals surface area contributed by atoms with Gasteiger partial charge in [0, 0.05) is 19.1 Å². The van der Waals surface area contributed by atoms with E-state index in [2.05, 4.69) is 23.8 Å². The van der Waals surface area contributed by atoms with E-state index in [4.69, 9.17) is 16.7 Å².